The quantitative estimate of drug-likeness (QED) is 0.936. The van der Waals surface area contributed by atoms with E-state index in [1.54, 1.807) is 18.5 Å². The zero-order valence-corrected chi connectivity index (χ0v) is 12.7. The molecule has 114 valence electrons. The van der Waals surface area contributed by atoms with Gasteiger partial charge in [-0.2, -0.15) is 0 Å². The molecule has 6 nitrogen and oxygen atoms in total. The lowest BCUT2D eigenvalue weighted by atomic mass is 10.0. The molecular weight excluding hydrogens is 302 g/mol. The van der Waals surface area contributed by atoms with Crippen LogP contribution in [0.1, 0.15) is 23.3 Å². The monoisotopic (exact) mass is 317 g/mol. The van der Waals surface area contributed by atoms with Gasteiger partial charge in [0.1, 0.15) is 17.8 Å². The van der Waals surface area contributed by atoms with Gasteiger partial charge in [0.15, 0.2) is 0 Å². The molecule has 0 unspecified atom stereocenters. The van der Waals surface area contributed by atoms with Crippen LogP contribution in [0, 0.1) is 0 Å². The van der Waals surface area contributed by atoms with E-state index in [-0.39, 0.29) is 11.9 Å². The van der Waals surface area contributed by atoms with Gasteiger partial charge in [-0.05, 0) is 31.0 Å². The highest BCUT2D eigenvalue weighted by Crippen LogP contribution is 2.25. The molecule has 0 saturated carbocycles. The molecule has 1 saturated heterocycles. The fourth-order valence-corrected chi connectivity index (χ4v) is 2.77. The van der Waals surface area contributed by atoms with Gasteiger partial charge in [0.25, 0.3) is 5.91 Å². The Labute approximate surface area is 133 Å². The van der Waals surface area contributed by atoms with E-state index in [9.17, 15) is 4.79 Å². The Hall–Kier alpha value is -2.21. The molecule has 0 radical (unpaired) electrons. The first-order valence-corrected chi connectivity index (χ1v) is 7.54. The topological polar surface area (TPSA) is 71.0 Å². The first kappa shape index (κ1) is 14.7. The van der Waals surface area contributed by atoms with E-state index in [0.29, 0.717) is 10.7 Å². The van der Waals surface area contributed by atoms with Crippen molar-refractivity contribution in [1.82, 2.24) is 20.3 Å². The van der Waals surface area contributed by atoms with Crippen LogP contribution in [0.15, 0.2) is 36.9 Å². The van der Waals surface area contributed by atoms with Crippen LogP contribution in [0.3, 0.4) is 0 Å². The lowest BCUT2D eigenvalue weighted by Crippen LogP contribution is -2.45. The van der Waals surface area contributed by atoms with Gasteiger partial charge in [-0.1, -0.05) is 11.6 Å². The number of anilines is 1. The zero-order chi connectivity index (χ0) is 15.4. The summed E-state index contributed by atoms with van der Waals surface area (Å²) in [6, 6.07) is 5.41. The van der Waals surface area contributed by atoms with Crippen molar-refractivity contribution < 1.29 is 4.79 Å². The van der Waals surface area contributed by atoms with E-state index in [1.807, 2.05) is 12.1 Å². The normalized spacial score (nSPS) is 15.6. The summed E-state index contributed by atoms with van der Waals surface area (Å²) in [5, 5.41) is 3.67. The minimum Gasteiger partial charge on any atom is -0.355 e. The zero-order valence-electron chi connectivity index (χ0n) is 11.9. The van der Waals surface area contributed by atoms with Crippen molar-refractivity contribution in [3.05, 3.63) is 47.6 Å². The standard InChI is InChI=1S/C15H16ClN5O/c16-12-2-1-6-18-14(12)21-8-4-11(5-9-21)20-15(22)13-3-7-17-10-19-13/h1-3,6-7,10-11H,4-5,8-9H2,(H,20,22). The van der Waals surface area contributed by atoms with Crippen LogP contribution >= 0.6 is 11.6 Å². The first-order chi connectivity index (χ1) is 10.7. The third-order valence-electron chi connectivity index (χ3n) is 3.68. The van der Waals surface area contributed by atoms with Gasteiger partial charge < -0.3 is 10.2 Å². The number of carbonyl (C=O) groups is 1. The molecule has 1 N–H and O–H groups in total. The number of amides is 1. The molecule has 1 fully saturated rings. The van der Waals surface area contributed by atoms with Crippen molar-refractivity contribution in [3.63, 3.8) is 0 Å². The fourth-order valence-electron chi connectivity index (χ4n) is 2.53. The van der Waals surface area contributed by atoms with Gasteiger partial charge in [0, 0.05) is 31.5 Å². The number of pyridine rings is 1. The van der Waals surface area contributed by atoms with Gasteiger partial charge in [-0.3, -0.25) is 4.79 Å². The number of nitrogens with one attached hydrogen (secondary N) is 1. The summed E-state index contributed by atoms with van der Waals surface area (Å²) in [5.41, 5.74) is 0.394. The van der Waals surface area contributed by atoms with E-state index in [1.165, 1.54) is 6.33 Å². The number of aromatic nitrogens is 3. The smallest absolute Gasteiger partial charge is 0.270 e. The number of nitrogens with zero attached hydrogens (tertiary/aromatic N) is 4. The Bertz CT molecular complexity index is 643. The molecule has 1 aliphatic heterocycles. The van der Waals surface area contributed by atoms with Crippen molar-refractivity contribution in [2.75, 3.05) is 18.0 Å². The summed E-state index contributed by atoms with van der Waals surface area (Å²) >= 11 is 6.17. The molecule has 7 heteroatoms. The molecule has 3 heterocycles. The summed E-state index contributed by atoms with van der Waals surface area (Å²) in [6.45, 7) is 1.62. The van der Waals surface area contributed by atoms with E-state index in [2.05, 4.69) is 25.2 Å². The second-order valence-corrected chi connectivity index (χ2v) is 5.55. The summed E-state index contributed by atoms with van der Waals surface area (Å²) < 4.78 is 0. The number of hydrogen-bond donors (Lipinski definition) is 1. The average Bonchev–Trinajstić information content (AvgIpc) is 2.57. The minimum atomic E-state index is -0.156. The number of rotatable bonds is 3. The molecule has 22 heavy (non-hydrogen) atoms. The van der Waals surface area contributed by atoms with Crippen molar-refractivity contribution >= 4 is 23.3 Å². The maximum atomic E-state index is 12.1. The molecule has 2 aromatic heterocycles. The van der Waals surface area contributed by atoms with E-state index in [0.717, 1.165) is 31.7 Å². The van der Waals surface area contributed by atoms with Crippen LogP contribution in [-0.2, 0) is 0 Å². The minimum absolute atomic E-state index is 0.140. The molecule has 1 amide bonds. The van der Waals surface area contributed by atoms with Gasteiger partial charge in [-0.25, -0.2) is 15.0 Å². The number of hydrogen-bond acceptors (Lipinski definition) is 5. The lowest BCUT2D eigenvalue weighted by Gasteiger charge is -2.33. The predicted octanol–water partition coefficient (Wildman–Crippen LogP) is 1.92. The van der Waals surface area contributed by atoms with Crippen molar-refractivity contribution in [3.8, 4) is 0 Å². The van der Waals surface area contributed by atoms with E-state index in [4.69, 9.17) is 11.6 Å². The Kier molecular flexibility index (Phi) is 4.48. The van der Waals surface area contributed by atoms with Gasteiger partial charge in [0.05, 0.1) is 5.02 Å². The maximum absolute atomic E-state index is 12.1. The number of carbonyl (C=O) groups excluding carboxylic acids is 1. The molecule has 2 aromatic rings. The van der Waals surface area contributed by atoms with Crippen LogP contribution in [0.4, 0.5) is 5.82 Å². The van der Waals surface area contributed by atoms with Crippen LogP contribution in [-0.4, -0.2) is 40.0 Å². The summed E-state index contributed by atoms with van der Waals surface area (Å²) in [7, 11) is 0. The highest BCUT2D eigenvalue weighted by atomic mass is 35.5. The second kappa shape index (κ2) is 6.70. The summed E-state index contributed by atoms with van der Waals surface area (Å²) in [4.78, 5) is 26.3. The SMILES string of the molecule is O=C(NC1CCN(c2ncccc2Cl)CC1)c1ccncn1. The number of piperidine rings is 1. The highest BCUT2D eigenvalue weighted by Gasteiger charge is 2.23. The van der Waals surface area contributed by atoms with Crippen LogP contribution < -0.4 is 10.2 Å². The van der Waals surface area contributed by atoms with E-state index >= 15 is 0 Å². The third kappa shape index (κ3) is 3.33. The highest BCUT2D eigenvalue weighted by molar-refractivity contribution is 6.32. The summed E-state index contributed by atoms with van der Waals surface area (Å²) in [6.07, 6.45) is 6.38. The van der Waals surface area contributed by atoms with E-state index < -0.39 is 0 Å². The number of halogens is 1. The Morgan fingerprint density at radius 3 is 2.73 bits per heavy atom. The lowest BCUT2D eigenvalue weighted by molar-refractivity contribution is 0.0926. The Morgan fingerprint density at radius 1 is 1.23 bits per heavy atom. The molecular formula is C15H16ClN5O. The van der Waals surface area contributed by atoms with Crippen LogP contribution in [0.25, 0.3) is 0 Å². The molecule has 0 bridgehead atoms. The first-order valence-electron chi connectivity index (χ1n) is 7.16. The predicted molar refractivity (Wildman–Crippen MR) is 84.0 cm³/mol. The average molecular weight is 318 g/mol. The maximum Gasteiger partial charge on any atom is 0.270 e. The van der Waals surface area contributed by atoms with Crippen LogP contribution in [0.2, 0.25) is 5.02 Å². The third-order valence-corrected chi connectivity index (χ3v) is 3.98. The Morgan fingerprint density at radius 2 is 2.05 bits per heavy atom. The Balaban J connectivity index is 1.56. The molecule has 1 aliphatic rings. The molecule has 0 aliphatic carbocycles. The van der Waals surface area contributed by atoms with Gasteiger partial charge in [-0.15, -0.1) is 0 Å². The van der Waals surface area contributed by atoms with Crippen molar-refractivity contribution in [1.29, 1.82) is 0 Å². The van der Waals surface area contributed by atoms with Crippen molar-refractivity contribution in [2.24, 2.45) is 0 Å². The second-order valence-electron chi connectivity index (χ2n) is 5.14. The molecule has 0 atom stereocenters. The largest absolute Gasteiger partial charge is 0.355 e. The fraction of sp³-hybridized carbons (Fsp3) is 0.333. The molecule has 0 spiro atoms. The van der Waals surface area contributed by atoms with Gasteiger partial charge in [0.2, 0.25) is 0 Å². The van der Waals surface area contributed by atoms with Crippen LogP contribution in [0.5, 0.6) is 0 Å². The van der Waals surface area contributed by atoms with Gasteiger partial charge >= 0.3 is 0 Å². The molecule has 0 aromatic carbocycles. The molecule has 3 rings (SSSR count). The summed E-state index contributed by atoms with van der Waals surface area (Å²) in [5.74, 6) is 0.654. The van der Waals surface area contributed by atoms with Crippen molar-refractivity contribution in [2.45, 2.75) is 18.9 Å².